The summed E-state index contributed by atoms with van der Waals surface area (Å²) in [6.07, 6.45) is 1.68. The van der Waals surface area contributed by atoms with Crippen molar-refractivity contribution in [3.8, 4) is 5.75 Å². The molecule has 5 heteroatoms. The third-order valence-corrected chi connectivity index (χ3v) is 1.75. The Morgan fingerprint density at radius 3 is 2.62 bits per heavy atom. The summed E-state index contributed by atoms with van der Waals surface area (Å²) in [7, 11) is 1.63. The average Bonchev–Trinajstić information content (AvgIpc) is 2.27. The summed E-state index contributed by atoms with van der Waals surface area (Å²) in [6.45, 7) is 4.06. The van der Waals surface area contributed by atoms with Crippen LogP contribution in [-0.4, -0.2) is 19.6 Å². The number of hydrogen-bond donors (Lipinski definition) is 2. The number of anilines is 1. The average molecular weight is 333 g/mol. The minimum atomic E-state index is 0. The predicted molar refractivity (Wildman–Crippen MR) is 78.7 cm³/mol. The molecule has 0 aromatic heterocycles. The molecule has 0 atom stereocenters. The molecule has 0 unspecified atom stereocenters. The standard InChI is InChI=1S/C11H15N3O.HI/c1-3-8-13-11(12)14-9-4-6-10(15-2)7-5-9;/h3-7H,1,8H2,2H3,(H3,12,13,14);1H. The number of nitrogens with one attached hydrogen (secondary N) is 1. The van der Waals surface area contributed by atoms with Gasteiger partial charge in [0.15, 0.2) is 5.96 Å². The molecule has 0 fully saturated rings. The molecule has 1 rings (SSSR count). The molecule has 4 nitrogen and oxygen atoms in total. The first-order valence-corrected chi connectivity index (χ1v) is 4.58. The second kappa shape index (κ2) is 7.98. The Bertz CT molecular complexity index is 349. The highest BCUT2D eigenvalue weighted by Crippen LogP contribution is 2.14. The van der Waals surface area contributed by atoms with Gasteiger partial charge in [-0.25, -0.2) is 4.99 Å². The maximum atomic E-state index is 5.62. The summed E-state index contributed by atoms with van der Waals surface area (Å²) >= 11 is 0. The van der Waals surface area contributed by atoms with E-state index in [0.29, 0.717) is 12.5 Å². The van der Waals surface area contributed by atoms with E-state index >= 15 is 0 Å². The van der Waals surface area contributed by atoms with Crippen molar-refractivity contribution in [3.05, 3.63) is 36.9 Å². The van der Waals surface area contributed by atoms with Crippen LogP contribution in [0.5, 0.6) is 5.75 Å². The number of rotatable bonds is 4. The van der Waals surface area contributed by atoms with Crippen molar-refractivity contribution in [2.45, 2.75) is 0 Å². The number of methoxy groups -OCH3 is 1. The van der Waals surface area contributed by atoms with Gasteiger partial charge < -0.3 is 15.8 Å². The predicted octanol–water partition coefficient (Wildman–Crippen LogP) is 2.23. The molecule has 0 saturated heterocycles. The van der Waals surface area contributed by atoms with Gasteiger partial charge in [0.25, 0.3) is 0 Å². The molecule has 0 bridgehead atoms. The molecule has 0 spiro atoms. The molecule has 0 aliphatic heterocycles. The smallest absolute Gasteiger partial charge is 0.193 e. The first kappa shape index (κ1) is 14.8. The molecule has 1 aromatic carbocycles. The summed E-state index contributed by atoms with van der Waals surface area (Å²) in [5, 5.41) is 2.95. The molecule has 1 aromatic rings. The van der Waals surface area contributed by atoms with Crippen molar-refractivity contribution >= 4 is 35.6 Å². The van der Waals surface area contributed by atoms with Crippen molar-refractivity contribution in [2.24, 2.45) is 10.7 Å². The summed E-state index contributed by atoms with van der Waals surface area (Å²) in [5.74, 6) is 1.18. The van der Waals surface area contributed by atoms with Crippen molar-refractivity contribution in [1.82, 2.24) is 0 Å². The fourth-order valence-electron chi connectivity index (χ4n) is 1.02. The largest absolute Gasteiger partial charge is 0.497 e. The molecule has 3 N–H and O–H groups in total. The van der Waals surface area contributed by atoms with Gasteiger partial charge in [-0.15, -0.1) is 30.6 Å². The Kier molecular flexibility index (Phi) is 7.36. The van der Waals surface area contributed by atoms with E-state index in [1.807, 2.05) is 24.3 Å². The second-order valence-electron chi connectivity index (χ2n) is 2.87. The third-order valence-electron chi connectivity index (χ3n) is 1.75. The molecular weight excluding hydrogens is 317 g/mol. The first-order valence-electron chi connectivity index (χ1n) is 4.58. The van der Waals surface area contributed by atoms with E-state index in [2.05, 4.69) is 16.9 Å². The van der Waals surface area contributed by atoms with Gasteiger partial charge in [0.2, 0.25) is 0 Å². The van der Waals surface area contributed by atoms with E-state index in [1.165, 1.54) is 0 Å². The zero-order valence-electron chi connectivity index (χ0n) is 9.14. The van der Waals surface area contributed by atoms with Crippen LogP contribution in [0.2, 0.25) is 0 Å². The lowest BCUT2D eigenvalue weighted by atomic mass is 10.3. The third kappa shape index (κ3) is 5.01. The summed E-state index contributed by atoms with van der Waals surface area (Å²) < 4.78 is 5.04. The van der Waals surface area contributed by atoms with Crippen LogP contribution in [0.4, 0.5) is 5.69 Å². The monoisotopic (exact) mass is 333 g/mol. The number of nitrogens with zero attached hydrogens (tertiary/aromatic N) is 1. The topological polar surface area (TPSA) is 59.6 Å². The molecule has 0 radical (unpaired) electrons. The maximum Gasteiger partial charge on any atom is 0.193 e. The lowest BCUT2D eigenvalue weighted by Gasteiger charge is -2.05. The minimum absolute atomic E-state index is 0. The van der Waals surface area contributed by atoms with Gasteiger partial charge in [-0.1, -0.05) is 6.08 Å². The molecule has 0 aliphatic carbocycles. The van der Waals surface area contributed by atoms with Gasteiger partial charge in [-0.3, -0.25) is 0 Å². The Balaban J connectivity index is 0.00000225. The molecule has 0 saturated carbocycles. The number of aliphatic imine (C=N–C) groups is 1. The summed E-state index contributed by atoms with van der Waals surface area (Å²) in [6, 6.07) is 7.44. The van der Waals surface area contributed by atoms with Crippen LogP contribution in [-0.2, 0) is 0 Å². The van der Waals surface area contributed by atoms with E-state index in [1.54, 1.807) is 13.2 Å². The van der Waals surface area contributed by atoms with Crippen molar-refractivity contribution in [3.63, 3.8) is 0 Å². The van der Waals surface area contributed by atoms with Crippen LogP contribution in [0.25, 0.3) is 0 Å². The molecule has 16 heavy (non-hydrogen) atoms. The minimum Gasteiger partial charge on any atom is -0.497 e. The van der Waals surface area contributed by atoms with Crippen LogP contribution in [0, 0.1) is 0 Å². The highest BCUT2D eigenvalue weighted by molar-refractivity contribution is 14.0. The van der Waals surface area contributed by atoms with E-state index in [0.717, 1.165) is 11.4 Å². The van der Waals surface area contributed by atoms with E-state index in [-0.39, 0.29) is 24.0 Å². The Morgan fingerprint density at radius 1 is 1.50 bits per heavy atom. The fourth-order valence-corrected chi connectivity index (χ4v) is 1.02. The van der Waals surface area contributed by atoms with Crippen LogP contribution < -0.4 is 15.8 Å². The highest BCUT2D eigenvalue weighted by Gasteiger charge is 1.94. The van der Waals surface area contributed by atoms with Crippen LogP contribution >= 0.6 is 24.0 Å². The van der Waals surface area contributed by atoms with Gasteiger partial charge in [-0.2, -0.15) is 0 Å². The summed E-state index contributed by atoms with van der Waals surface area (Å²) in [5.41, 5.74) is 6.50. The molecule has 0 heterocycles. The zero-order chi connectivity index (χ0) is 11.1. The molecule has 88 valence electrons. The number of ether oxygens (including phenoxy) is 1. The second-order valence-corrected chi connectivity index (χ2v) is 2.87. The van der Waals surface area contributed by atoms with Crippen LogP contribution in [0.15, 0.2) is 41.9 Å². The Labute approximate surface area is 113 Å². The Morgan fingerprint density at radius 2 is 2.12 bits per heavy atom. The number of halogens is 1. The van der Waals surface area contributed by atoms with Crippen molar-refractivity contribution in [1.29, 1.82) is 0 Å². The quantitative estimate of drug-likeness (QED) is 0.384. The van der Waals surface area contributed by atoms with E-state index in [9.17, 15) is 0 Å². The van der Waals surface area contributed by atoms with E-state index in [4.69, 9.17) is 10.5 Å². The van der Waals surface area contributed by atoms with Gasteiger partial charge in [0.1, 0.15) is 5.75 Å². The lowest BCUT2D eigenvalue weighted by Crippen LogP contribution is -2.22. The molecule has 0 amide bonds. The Hall–Kier alpha value is -1.24. The van der Waals surface area contributed by atoms with Gasteiger partial charge in [-0.05, 0) is 24.3 Å². The van der Waals surface area contributed by atoms with Crippen molar-refractivity contribution in [2.75, 3.05) is 19.0 Å². The van der Waals surface area contributed by atoms with Gasteiger partial charge in [0, 0.05) is 5.69 Å². The number of nitrogens with two attached hydrogens (primary N) is 1. The van der Waals surface area contributed by atoms with Gasteiger partial charge in [0.05, 0.1) is 13.7 Å². The normalized spacial score (nSPS) is 10.2. The first-order chi connectivity index (χ1) is 7.26. The summed E-state index contributed by atoms with van der Waals surface area (Å²) in [4.78, 5) is 4.01. The maximum absolute atomic E-state index is 5.62. The SMILES string of the molecule is C=CCN=C(N)Nc1ccc(OC)cc1.I. The van der Waals surface area contributed by atoms with Crippen molar-refractivity contribution < 1.29 is 4.74 Å². The fraction of sp³-hybridized carbons (Fsp3) is 0.182. The molecule has 0 aliphatic rings. The van der Waals surface area contributed by atoms with Crippen LogP contribution in [0.1, 0.15) is 0 Å². The lowest BCUT2D eigenvalue weighted by molar-refractivity contribution is 0.415. The zero-order valence-corrected chi connectivity index (χ0v) is 11.5. The number of benzene rings is 1. The number of hydrogen-bond acceptors (Lipinski definition) is 2. The van der Waals surface area contributed by atoms with Gasteiger partial charge >= 0.3 is 0 Å². The highest BCUT2D eigenvalue weighted by atomic mass is 127. The molecular formula is C11H16IN3O. The van der Waals surface area contributed by atoms with E-state index < -0.39 is 0 Å². The number of guanidine groups is 1. The van der Waals surface area contributed by atoms with Crippen LogP contribution in [0.3, 0.4) is 0 Å².